The van der Waals surface area contributed by atoms with Gasteiger partial charge in [0.15, 0.2) is 11.5 Å². The minimum Gasteiger partial charge on any atom is -0.493 e. The maximum atomic E-state index is 12.9. The molecule has 6 nitrogen and oxygen atoms in total. The third-order valence-electron chi connectivity index (χ3n) is 5.47. The molecule has 0 bridgehead atoms. The number of hydrogen-bond donors (Lipinski definition) is 1. The molecule has 1 aliphatic rings. The molecule has 2 aromatic carbocycles. The second-order valence-corrected chi connectivity index (χ2v) is 7.59. The third-order valence-corrected chi connectivity index (χ3v) is 5.47. The van der Waals surface area contributed by atoms with Gasteiger partial charge in [-0.3, -0.25) is 14.6 Å². The van der Waals surface area contributed by atoms with Gasteiger partial charge in [0.1, 0.15) is 5.82 Å². The van der Waals surface area contributed by atoms with Crippen LogP contribution in [0, 0.1) is 12.7 Å². The lowest BCUT2D eigenvalue weighted by Crippen LogP contribution is -2.49. The summed E-state index contributed by atoms with van der Waals surface area (Å²) in [6.45, 7) is 7.21. The second kappa shape index (κ2) is 10.4. The Labute approximate surface area is 177 Å². The van der Waals surface area contributed by atoms with Gasteiger partial charge in [0, 0.05) is 39.3 Å². The topological polar surface area (TPSA) is 54.0 Å². The number of methoxy groups -OCH3 is 2. The molecule has 0 spiro atoms. The van der Waals surface area contributed by atoms with Crippen molar-refractivity contribution < 1.29 is 18.7 Å². The zero-order chi connectivity index (χ0) is 21.5. The second-order valence-electron chi connectivity index (χ2n) is 7.59. The Morgan fingerprint density at radius 1 is 1.00 bits per heavy atom. The number of nitrogens with zero attached hydrogens (tertiary/aromatic N) is 2. The zero-order valence-corrected chi connectivity index (χ0v) is 17.9. The largest absolute Gasteiger partial charge is 0.493 e. The molecule has 30 heavy (non-hydrogen) atoms. The molecule has 0 radical (unpaired) electrons. The van der Waals surface area contributed by atoms with Crippen molar-refractivity contribution in [2.75, 3.05) is 46.9 Å². The van der Waals surface area contributed by atoms with Crippen molar-refractivity contribution in [3.8, 4) is 11.5 Å². The minimum absolute atomic E-state index is 0.0106. The summed E-state index contributed by atoms with van der Waals surface area (Å²) < 4.78 is 23.7. The zero-order valence-electron chi connectivity index (χ0n) is 17.9. The van der Waals surface area contributed by atoms with E-state index in [0.717, 1.165) is 49.8 Å². The summed E-state index contributed by atoms with van der Waals surface area (Å²) in [6, 6.07) is 10.2. The molecular weight excluding hydrogens is 385 g/mol. The van der Waals surface area contributed by atoms with Crippen molar-refractivity contribution in [2.24, 2.45) is 0 Å². The lowest BCUT2D eigenvalue weighted by Gasteiger charge is -2.34. The first-order chi connectivity index (χ1) is 14.5. The molecule has 1 aliphatic heterocycles. The van der Waals surface area contributed by atoms with Gasteiger partial charge >= 0.3 is 0 Å². The van der Waals surface area contributed by atoms with Crippen molar-refractivity contribution in [1.82, 2.24) is 15.1 Å². The Bertz CT molecular complexity index is 850. The molecule has 3 rings (SSSR count). The number of rotatable bonds is 8. The van der Waals surface area contributed by atoms with E-state index < -0.39 is 0 Å². The van der Waals surface area contributed by atoms with Crippen LogP contribution in [0.4, 0.5) is 4.39 Å². The van der Waals surface area contributed by atoms with Crippen LogP contribution in [-0.4, -0.2) is 62.7 Å². The molecular formula is C23H30FN3O3. The van der Waals surface area contributed by atoms with Crippen molar-refractivity contribution in [1.29, 1.82) is 0 Å². The number of piperazine rings is 1. The maximum Gasteiger partial charge on any atom is 0.234 e. The summed E-state index contributed by atoms with van der Waals surface area (Å²) in [5.74, 6) is 1.21. The van der Waals surface area contributed by atoms with Gasteiger partial charge in [0.25, 0.3) is 0 Å². The van der Waals surface area contributed by atoms with Gasteiger partial charge in [-0.15, -0.1) is 0 Å². The van der Waals surface area contributed by atoms with Gasteiger partial charge in [-0.1, -0.05) is 12.1 Å². The summed E-state index contributed by atoms with van der Waals surface area (Å²) >= 11 is 0. The van der Waals surface area contributed by atoms with Crippen LogP contribution in [0.5, 0.6) is 11.5 Å². The highest BCUT2D eigenvalue weighted by atomic mass is 19.1. The number of aryl methyl sites for hydroxylation is 1. The Kier molecular flexibility index (Phi) is 7.65. The number of carbonyl (C=O) groups excluding carboxylic acids is 1. The average molecular weight is 416 g/mol. The van der Waals surface area contributed by atoms with E-state index in [2.05, 4.69) is 22.0 Å². The predicted molar refractivity (Wildman–Crippen MR) is 114 cm³/mol. The number of hydrogen-bond acceptors (Lipinski definition) is 5. The number of halogens is 1. The van der Waals surface area contributed by atoms with Crippen molar-refractivity contribution in [3.05, 3.63) is 58.9 Å². The van der Waals surface area contributed by atoms with Gasteiger partial charge in [0.2, 0.25) is 5.91 Å². The molecule has 1 N–H and O–H groups in total. The fraction of sp³-hybridized carbons (Fsp3) is 0.435. The van der Waals surface area contributed by atoms with E-state index >= 15 is 0 Å². The Morgan fingerprint density at radius 3 is 2.23 bits per heavy atom. The standard InChI is InChI=1S/C23H30FN3O3/c1-17-12-21(29-2)22(30-3)13-19(17)15-26-8-10-27(11-9-26)16-23(28)25-14-18-4-6-20(24)7-5-18/h4-7,12-13H,8-11,14-16H2,1-3H3,(H,25,28). The van der Waals surface area contributed by atoms with E-state index in [0.29, 0.717) is 13.1 Å². The summed E-state index contributed by atoms with van der Waals surface area (Å²) in [6.07, 6.45) is 0. The van der Waals surface area contributed by atoms with Gasteiger partial charge in [-0.25, -0.2) is 4.39 Å². The van der Waals surface area contributed by atoms with Crippen LogP contribution >= 0.6 is 0 Å². The van der Waals surface area contributed by atoms with Gasteiger partial charge in [-0.2, -0.15) is 0 Å². The fourth-order valence-electron chi connectivity index (χ4n) is 3.60. The van der Waals surface area contributed by atoms with Crippen LogP contribution in [0.25, 0.3) is 0 Å². The van der Waals surface area contributed by atoms with Crippen LogP contribution in [0.2, 0.25) is 0 Å². The smallest absolute Gasteiger partial charge is 0.234 e. The highest BCUT2D eigenvalue weighted by molar-refractivity contribution is 5.78. The minimum atomic E-state index is -0.272. The molecule has 162 valence electrons. The first kappa shape index (κ1) is 22.1. The monoisotopic (exact) mass is 415 g/mol. The number of amides is 1. The van der Waals surface area contributed by atoms with Crippen molar-refractivity contribution >= 4 is 5.91 Å². The number of ether oxygens (including phenoxy) is 2. The molecule has 1 amide bonds. The quantitative estimate of drug-likeness (QED) is 0.718. The first-order valence-corrected chi connectivity index (χ1v) is 10.2. The van der Waals surface area contributed by atoms with Crippen molar-refractivity contribution in [2.45, 2.75) is 20.0 Å². The normalized spacial score (nSPS) is 15.1. The average Bonchev–Trinajstić information content (AvgIpc) is 2.75. The fourth-order valence-corrected chi connectivity index (χ4v) is 3.60. The molecule has 0 unspecified atom stereocenters. The van der Waals surface area contributed by atoms with Gasteiger partial charge < -0.3 is 14.8 Å². The van der Waals surface area contributed by atoms with E-state index in [1.165, 1.54) is 23.3 Å². The molecule has 0 aromatic heterocycles. The summed E-state index contributed by atoms with van der Waals surface area (Å²) in [7, 11) is 3.29. The van der Waals surface area contributed by atoms with Crippen LogP contribution in [-0.2, 0) is 17.9 Å². The maximum absolute atomic E-state index is 12.9. The van der Waals surface area contributed by atoms with E-state index in [1.54, 1.807) is 26.4 Å². The Hall–Kier alpha value is -2.64. The SMILES string of the molecule is COc1cc(C)c(CN2CCN(CC(=O)NCc3ccc(F)cc3)CC2)cc1OC. The molecule has 0 atom stereocenters. The van der Waals surface area contributed by atoms with Crippen LogP contribution in [0.3, 0.4) is 0 Å². The molecule has 2 aromatic rings. The lowest BCUT2D eigenvalue weighted by atomic mass is 10.1. The number of carbonyl (C=O) groups is 1. The molecule has 1 heterocycles. The summed E-state index contributed by atoms with van der Waals surface area (Å²) in [5.41, 5.74) is 3.29. The highest BCUT2D eigenvalue weighted by Crippen LogP contribution is 2.30. The number of nitrogens with one attached hydrogen (secondary N) is 1. The molecule has 7 heteroatoms. The van der Waals surface area contributed by atoms with E-state index in [9.17, 15) is 9.18 Å². The van der Waals surface area contributed by atoms with Gasteiger partial charge in [0.05, 0.1) is 20.8 Å². The van der Waals surface area contributed by atoms with Gasteiger partial charge in [-0.05, 0) is 47.9 Å². The predicted octanol–water partition coefficient (Wildman–Crippen LogP) is 2.59. The van der Waals surface area contributed by atoms with E-state index in [4.69, 9.17) is 9.47 Å². The highest BCUT2D eigenvalue weighted by Gasteiger charge is 2.20. The van der Waals surface area contributed by atoms with E-state index in [1.807, 2.05) is 12.1 Å². The third kappa shape index (κ3) is 5.93. The number of benzene rings is 2. The lowest BCUT2D eigenvalue weighted by molar-refractivity contribution is -0.122. The van der Waals surface area contributed by atoms with Crippen LogP contribution in [0.15, 0.2) is 36.4 Å². The van der Waals surface area contributed by atoms with Crippen LogP contribution in [0.1, 0.15) is 16.7 Å². The molecule has 0 aliphatic carbocycles. The van der Waals surface area contributed by atoms with Crippen LogP contribution < -0.4 is 14.8 Å². The Balaban J connectivity index is 1.44. The summed E-state index contributed by atoms with van der Waals surface area (Å²) in [5, 5.41) is 2.91. The molecule has 1 fully saturated rings. The Morgan fingerprint density at radius 2 is 1.60 bits per heavy atom. The molecule has 1 saturated heterocycles. The first-order valence-electron chi connectivity index (χ1n) is 10.2. The van der Waals surface area contributed by atoms with E-state index in [-0.39, 0.29) is 11.7 Å². The van der Waals surface area contributed by atoms with Crippen molar-refractivity contribution in [3.63, 3.8) is 0 Å². The summed E-state index contributed by atoms with van der Waals surface area (Å²) in [4.78, 5) is 16.8. The molecule has 0 saturated carbocycles.